The molecular formula is C29H60N4O2. The van der Waals surface area contributed by atoms with Gasteiger partial charge in [-0.2, -0.15) is 0 Å². The second kappa shape index (κ2) is 25.9. The smallest absolute Gasteiger partial charge is 0.219 e. The summed E-state index contributed by atoms with van der Waals surface area (Å²) in [5.74, 6) is 1.12. The molecule has 0 saturated heterocycles. The van der Waals surface area contributed by atoms with Crippen LogP contribution in [0.3, 0.4) is 0 Å². The zero-order valence-electron chi connectivity index (χ0n) is 23.8. The quantitative estimate of drug-likeness (QED) is 0.116. The molecule has 2 amide bonds. The van der Waals surface area contributed by atoms with Gasteiger partial charge in [-0.3, -0.25) is 9.59 Å². The number of hydrogen-bond acceptors (Lipinski definition) is 4. The van der Waals surface area contributed by atoms with E-state index >= 15 is 0 Å². The first-order valence-corrected chi connectivity index (χ1v) is 14.9. The van der Waals surface area contributed by atoms with Crippen molar-refractivity contribution in [1.29, 1.82) is 0 Å². The van der Waals surface area contributed by atoms with Crippen LogP contribution in [0.25, 0.3) is 0 Å². The van der Waals surface area contributed by atoms with E-state index in [0.29, 0.717) is 24.8 Å². The summed E-state index contributed by atoms with van der Waals surface area (Å²) in [5.41, 5.74) is 0. The Morgan fingerprint density at radius 2 is 1.11 bits per heavy atom. The predicted octanol–water partition coefficient (Wildman–Crippen LogP) is 5.70. The van der Waals surface area contributed by atoms with Gasteiger partial charge in [0.2, 0.25) is 11.8 Å². The van der Waals surface area contributed by atoms with E-state index < -0.39 is 0 Å². The lowest BCUT2D eigenvalue weighted by molar-refractivity contribution is -0.122. The van der Waals surface area contributed by atoms with Gasteiger partial charge >= 0.3 is 0 Å². The van der Waals surface area contributed by atoms with E-state index in [1.807, 2.05) is 0 Å². The minimum atomic E-state index is 0.210. The molecular weight excluding hydrogens is 436 g/mol. The van der Waals surface area contributed by atoms with Gasteiger partial charge in [0.25, 0.3) is 0 Å². The SMILES string of the molecule is CCCCNC(=O)CCCCCCNCCC(C)CCCNC(=O)CCCCCCCNC(C)C. The van der Waals surface area contributed by atoms with Gasteiger partial charge in [0, 0.05) is 32.0 Å². The second-order valence-corrected chi connectivity index (χ2v) is 10.6. The molecule has 0 fully saturated rings. The van der Waals surface area contributed by atoms with Gasteiger partial charge in [0.05, 0.1) is 0 Å². The van der Waals surface area contributed by atoms with Crippen LogP contribution in [0, 0.1) is 5.92 Å². The molecule has 0 saturated carbocycles. The van der Waals surface area contributed by atoms with Crippen molar-refractivity contribution < 1.29 is 9.59 Å². The number of nitrogens with one attached hydrogen (secondary N) is 4. The molecule has 35 heavy (non-hydrogen) atoms. The van der Waals surface area contributed by atoms with Crippen molar-refractivity contribution in [3.63, 3.8) is 0 Å². The summed E-state index contributed by atoms with van der Waals surface area (Å²) < 4.78 is 0. The summed E-state index contributed by atoms with van der Waals surface area (Å²) in [5, 5.41) is 13.1. The summed E-state index contributed by atoms with van der Waals surface area (Å²) in [7, 11) is 0. The molecule has 0 aliphatic heterocycles. The van der Waals surface area contributed by atoms with Crippen LogP contribution in [0.5, 0.6) is 0 Å². The highest BCUT2D eigenvalue weighted by atomic mass is 16.2. The molecule has 6 nitrogen and oxygen atoms in total. The number of rotatable bonds is 26. The largest absolute Gasteiger partial charge is 0.356 e. The van der Waals surface area contributed by atoms with E-state index in [1.54, 1.807) is 0 Å². The Balaban J connectivity index is 3.35. The first-order valence-electron chi connectivity index (χ1n) is 14.9. The number of carbonyl (C=O) groups is 2. The molecule has 6 heteroatoms. The van der Waals surface area contributed by atoms with Crippen molar-refractivity contribution >= 4 is 11.8 Å². The Labute approximate surface area is 217 Å². The van der Waals surface area contributed by atoms with Crippen molar-refractivity contribution in [3.8, 4) is 0 Å². The van der Waals surface area contributed by atoms with Crippen molar-refractivity contribution in [2.45, 2.75) is 136 Å². The van der Waals surface area contributed by atoms with Gasteiger partial charge in [0.1, 0.15) is 0 Å². The number of amides is 2. The van der Waals surface area contributed by atoms with Crippen LogP contribution in [0.15, 0.2) is 0 Å². The Bertz CT molecular complexity index is 485. The maximum absolute atomic E-state index is 12.0. The number of unbranched alkanes of at least 4 members (excludes halogenated alkanes) is 8. The molecule has 0 aromatic rings. The van der Waals surface area contributed by atoms with Gasteiger partial charge < -0.3 is 21.3 Å². The van der Waals surface area contributed by atoms with Gasteiger partial charge in [-0.25, -0.2) is 0 Å². The van der Waals surface area contributed by atoms with Crippen molar-refractivity contribution in [3.05, 3.63) is 0 Å². The van der Waals surface area contributed by atoms with E-state index in [9.17, 15) is 9.59 Å². The average Bonchev–Trinajstić information content (AvgIpc) is 2.82. The van der Waals surface area contributed by atoms with Crippen LogP contribution >= 0.6 is 0 Å². The van der Waals surface area contributed by atoms with Crippen molar-refractivity contribution in [1.82, 2.24) is 21.3 Å². The first-order chi connectivity index (χ1) is 17.0. The van der Waals surface area contributed by atoms with E-state index in [0.717, 1.165) is 77.7 Å². The highest BCUT2D eigenvalue weighted by Gasteiger charge is 2.04. The fourth-order valence-electron chi connectivity index (χ4n) is 4.10. The van der Waals surface area contributed by atoms with E-state index in [1.165, 1.54) is 44.9 Å². The zero-order valence-corrected chi connectivity index (χ0v) is 23.8. The topological polar surface area (TPSA) is 82.3 Å². The Kier molecular flexibility index (Phi) is 25.1. The summed E-state index contributed by atoms with van der Waals surface area (Å²) in [6.45, 7) is 13.7. The van der Waals surface area contributed by atoms with Gasteiger partial charge in [-0.15, -0.1) is 0 Å². The van der Waals surface area contributed by atoms with Crippen LogP contribution < -0.4 is 21.3 Å². The molecule has 0 rings (SSSR count). The molecule has 0 radical (unpaired) electrons. The fraction of sp³-hybridized carbons (Fsp3) is 0.931. The highest BCUT2D eigenvalue weighted by Crippen LogP contribution is 2.09. The second-order valence-electron chi connectivity index (χ2n) is 10.6. The molecule has 4 N–H and O–H groups in total. The molecule has 1 atom stereocenters. The molecule has 0 aliphatic rings. The minimum Gasteiger partial charge on any atom is -0.356 e. The van der Waals surface area contributed by atoms with Gasteiger partial charge in [-0.05, 0) is 76.9 Å². The summed E-state index contributed by atoms with van der Waals surface area (Å²) >= 11 is 0. The van der Waals surface area contributed by atoms with Crippen LogP contribution in [0.1, 0.15) is 130 Å². The summed E-state index contributed by atoms with van der Waals surface area (Å²) in [6.07, 6.45) is 17.4. The van der Waals surface area contributed by atoms with E-state index in [-0.39, 0.29) is 11.8 Å². The normalized spacial score (nSPS) is 12.1. The van der Waals surface area contributed by atoms with Gasteiger partial charge in [0.15, 0.2) is 0 Å². The zero-order chi connectivity index (χ0) is 26.0. The van der Waals surface area contributed by atoms with Gasteiger partial charge in [-0.1, -0.05) is 66.2 Å². The third-order valence-electron chi connectivity index (χ3n) is 6.50. The predicted molar refractivity (Wildman–Crippen MR) is 151 cm³/mol. The lowest BCUT2D eigenvalue weighted by Crippen LogP contribution is -2.24. The lowest BCUT2D eigenvalue weighted by atomic mass is 10.0. The Morgan fingerprint density at radius 1 is 0.571 bits per heavy atom. The minimum absolute atomic E-state index is 0.210. The molecule has 0 aliphatic carbocycles. The third-order valence-corrected chi connectivity index (χ3v) is 6.50. The standard InChI is InChI=1S/C29H60N4O2/c1-5-6-22-32-28(34)19-13-9-11-14-21-30-25-20-27(4)17-16-24-33-29(35)18-12-8-7-10-15-23-31-26(2)3/h26-27,30-31H,5-25H2,1-4H3,(H,32,34)(H,33,35). The molecule has 0 aromatic carbocycles. The number of carbonyl (C=O) groups excluding carboxylic acids is 2. The Hall–Kier alpha value is -1.14. The maximum atomic E-state index is 12.0. The molecule has 0 spiro atoms. The monoisotopic (exact) mass is 496 g/mol. The molecule has 1 unspecified atom stereocenters. The molecule has 0 bridgehead atoms. The number of hydrogen-bond donors (Lipinski definition) is 4. The van der Waals surface area contributed by atoms with Crippen LogP contribution in [-0.2, 0) is 9.59 Å². The van der Waals surface area contributed by atoms with E-state index in [4.69, 9.17) is 0 Å². The van der Waals surface area contributed by atoms with Crippen LogP contribution in [0.2, 0.25) is 0 Å². The van der Waals surface area contributed by atoms with E-state index in [2.05, 4.69) is 49.0 Å². The average molecular weight is 497 g/mol. The molecule has 0 aromatic heterocycles. The summed E-state index contributed by atoms with van der Waals surface area (Å²) in [6, 6.07) is 0.576. The van der Waals surface area contributed by atoms with Crippen molar-refractivity contribution in [2.75, 3.05) is 32.7 Å². The third kappa shape index (κ3) is 27.3. The van der Waals surface area contributed by atoms with Crippen molar-refractivity contribution in [2.24, 2.45) is 5.92 Å². The fourth-order valence-corrected chi connectivity index (χ4v) is 4.10. The first kappa shape index (κ1) is 33.9. The molecule has 0 heterocycles. The summed E-state index contributed by atoms with van der Waals surface area (Å²) in [4.78, 5) is 23.6. The maximum Gasteiger partial charge on any atom is 0.219 e. The van der Waals surface area contributed by atoms with Crippen LogP contribution in [0.4, 0.5) is 0 Å². The highest BCUT2D eigenvalue weighted by molar-refractivity contribution is 5.76. The molecule has 208 valence electrons. The van der Waals surface area contributed by atoms with Crippen LogP contribution in [-0.4, -0.2) is 50.6 Å². The Morgan fingerprint density at radius 3 is 1.71 bits per heavy atom. The lowest BCUT2D eigenvalue weighted by Gasteiger charge is -2.12.